The molecule has 1 atom stereocenters. The van der Waals surface area contributed by atoms with E-state index in [1.54, 1.807) is 13.3 Å². The molecule has 0 radical (unpaired) electrons. The van der Waals surface area contributed by atoms with Gasteiger partial charge in [0, 0.05) is 6.20 Å². The number of nitrogens with one attached hydrogen (secondary N) is 1. The summed E-state index contributed by atoms with van der Waals surface area (Å²) in [6, 6.07) is 5.77. The second-order valence-corrected chi connectivity index (χ2v) is 4.70. The summed E-state index contributed by atoms with van der Waals surface area (Å²) in [7, 11) is 1.57. The van der Waals surface area contributed by atoms with Gasteiger partial charge in [-0.15, -0.1) is 0 Å². The highest BCUT2D eigenvalue weighted by Crippen LogP contribution is 2.25. The topological polar surface area (TPSA) is 68.6 Å². The smallest absolute Gasteiger partial charge is 0.242 e. The van der Waals surface area contributed by atoms with Crippen LogP contribution in [0.15, 0.2) is 30.7 Å². The molecule has 1 N–H and O–H groups in total. The molecule has 0 fully saturated rings. The minimum Gasteiger partial charge on any atom is -0.479 e. The van der Waals surface area contributed by atoms with Gasteiger partial charge >= 0.3 is 0 Å². The van der Waals surface area contributed by atoms with E-state index in [0.29, 0.717) is 21.8 Å². The summed E-state index contributed by atoms with van der Waals surface area (Å²) in [5, 5.41) is 0. The molecule has 3 rings (SSSR count). The quantitative estimate of drug-likeness (QED) is 0.750. The Kier molecular flexibility index (Phi) is 3.19. The van der Waals surface area contributed by atoms with E-state index in [4.69, 9.17) is 17.0 Å². The van der Waals surface area contributed by atoms with Crippen LogP contribution in [-0.2, 0) is 0 Å². The summed E-state index contributed by atoms with van der Waals surface area (Å²) >= 11 is 5.39. The Morgan fingerprint density at radius 2 is 2.15 bits per heavy atom. The second-order valence-electron chi connectivity index (χ2n) is 4.31. The maximum atomic E-state index is 5.39. The van der Waals surface area contributed by atoms with Crippen molar-refractivity contribution in [2.45, 2.75) is 13.0 Å². The summed E-state index contributed by atoms with van der Waals surface area (Å²) < 4.78 is 7.70. The summed E-state index contributed by atoms with van der Waals surface area (Å²) in [6.07, 6.45) is 3.23. The molecule has 0 aliphatic carbocycles. The summed E-state index contributed by atoms with van der Waals surface area (Å²) in [4.78, 5) is 15.8. The maximum absolute atomic E-state index is 5.39. The van der Waals surface area contributed by atoms with Crippen molar-refractivity contribution < 1.29 is 4.74 Å². The SMILES string of the molecule is COc1ncnc2c1[nH]c(=S)n2C(C)c1ccccn1. The Labute approximate surface area is 120 Å². The van der Waals surface area contributed by atoms with E-state index in [0.717, 1.165) is 5.69 Å². The molecule has 0 saturated carbocycles. The van der Waals surface area contributed by atoms with Gasteiger partial charge < -0.3 is 9.72 Å². The van der Waals surface area contributed by atoms with E-state index in [-0.39, 0.29) is 6.04 Å². The fourth-order valence-corrected chi connectivity index (χ4v) is 2.53. The van der Waals surface area contributed by atoms with Crippen molar-refractivity contribution in [2.24, 2.45) is 0 Å². The molecule has 3 aromatic rings. The van der Waals surface area contributed by atoms with Gasteiger partial charge in [0.2, 0.25) is 5.88 Å². The normalized spacial score (nSPS) is 12.5. The van der Waals surface area contributed by atoms with Gasteiger partial charge in [0.05, 0.1) is 18.8 Å². The molecule has 0 spiro atoms. The zero-order valence-electron chi connectivity index (χ0n) is 11.1. The van der Waals surface area contributed by atoms with Gasteiger partial charge in [0.25, 0.3) is 0 Å². The fourth-order valence-electron chi connectivity index (χ4n) is 2.19. The zero-order chi connectivity index (χ0) is 14.1. The highest BCUT2D eigenvalue weighted by Gasteiger charge is 2.17. The Hall–Kier alpha value is -2.28. The lowest BCUT2D eigenvalue weighted by atomic mass is 10.2. The number of hydrogen-bond donors (Lipinski definition) is 1. The van der Waals surface area contributed by atoms with Crippen molar-refractivity contribution in [2.75, 3.05) is 7.11 Å². The lowest BCUT2D eigenvalue weighted by Gasteiger charge is -2.13. The van der Waals surface area contributed by atoms with Crippen molar-refractivity contribution in [3.05, 3.63) is 41.2 Å². The summed E-state index contributed by atoms with van der Waals surface area (Å²) in [5.74, 6) is 0.480. The molecule has 102 valence electrons. The highest BCUT2D eigenvalue weighted by molar-refractivity contribution is 7.71. The van der Waals surface area contributed by atoms with E-state index in [2.05, 4.69) is 19.9 Å². The molecule has 1 unspecified atom stereocenters. The molecule has 0 aliphatic rings. The Morgan fingerprint density at radius 3 is 2.85 bits per heavy atom. The van der Waals surface area contributed by atoms with Crippen molar-refractivity contribution in [3.63, 3.8) is 0 Å². The Balaban J connectivity index is 2.22. The first-order chi connectivity index (χ1) is 9.72. The van der Waals surface area contributed by atoms with E-state index in [9.17, 15) is 0 Å². The van der Waals surface area contributed by atoms with Crippen LogP contribution in [0.5, 0.6) is 5.88 Å². The van der Waals surface area contributed by atoms with Gasteiger partial charge in [-0.05, 0) is 31.3 Å². The third kappa shape index (κ3) is 1.96. The largest absolute Gasteiger partial charge is 0.479 e. The molecule has 6 nitrogen and oxygen atoms in total. The number of rotatable bonds is 3. The highest BCUT2D eigenvalue weighted by atomic mass is 32.1. The standard InChI is InChI=1S/C13H13N5OS/c1-8(9-5-3-4-6-14-9)18-11-10(17-13(18)20)12(19-2)16-7-15-11/h3-8H,1-2H3,(H,17,20). The molecule has 0 saturated heterocycles. The van der Waals surface area contributed by atoms with Gasteiger partial charge in [0.1, 0.15) is 11.8 Å². The molecule has 3 aromatic heterocycles. The first kappa shape index (κ1) is 12.7. The fraction of sp³-hybridized carbons (Fsp3) is 0.231. The van der Waals surface area contributed by atoms with E-state index < -0.39 is 0 Å². The number of methoxy groups -OCH3 is 1. The molecule has 0 aliphatic heterocycles. The number of aromatic amines is 1. The number of hydrogen-bond acceptors (Lipinski definition) is 5. The number of H-pyrrole nitrogens is 1. The summed E-state index contributed by atoms with van der Waals surface area (Å²) in [6.45, 7) is 2.03. The Morgan fingerprint density at radius 1 is 1.30 bits per heavy atom. The van der Waals surface area contributed by atoms with Crippen molar-refractivity contribution in [1.29, 1.82) is 0 Å². The van der Waals surface area contributed by atoms with Crippen LogP contribution in [0, 0.1) is 4.77 Å². The molecular formula is C13H13N5OS. The third-order valence-electron chi connectivity index (χ3n) is 3.17. The molecular weight excluding hydrogens is 274 g/mol. The van der Waals surface area contributed by atoms with Crippen LogP contribution in [0.2, 0.25) is 0 Å². The van der Waals surface area contributed by atoms with Crippen molar-refractivity contribution >= 4 is 23.4 Å². The summed E-state index contributed by atoms with van der Waals surface area (Å²) in [5.41, 5.74) is 2.32. The maximum Gasteiger partial charge on any atom is 0.242 e. The minimum absolute atomic E-state index is 0.0305. The average Bonchev–Trinajstić information content (AvgIpc) is 2.83. The van der Waals surface area contributed by atoms with Crippen molar-refractivity contribution in [3.8, 4) is 5.88 Å². The third-order valence-corrected chi connectivity index (χ3v) is 3.47. The first-order valence-electron chi connectivity index (χ1n) is 6.12. The van der Waals surface area contributed by atoms with Gasteiger partial charge in [-0.2, -0.15) is 4.98 Å². The molecule has 0 aromatic carbocycles. The number of aromatic nitrogens is 5. The predicted molar refractivity (Wildman–Crippen MR) is 77.3 cm³/mol. The van der Waals surface area contributed by atoms with Crippen LogP contribution in [-0.4, -0.2) is 31.6 Å². The lowest BCUT2D eigenvalue weighted by Crippen LogP contribution is -2.09. The van der Waals surface area contributed by atoms with Crippen LogP contribution < -0.4 is 4.74 Å². The van der Waals surface area contributed by atoms with Crippen LogP contribution in [0.25, 0.3) is 11.2 Å². The number of pyridine rings is 1. The van der Waals surface area contributed by atoms with Crippen LogP contribution in [0.3, 0.4) is 0 Å². The molecule has 0 bridgehead atoms. The lowest BCUT2D eigenvalue weighted by molar-refractivity contribution is 0.401. The molecule has 7 heteroatoms. The second kappa shape index (κ2) is 5.01. The minimum atomic E-state index is -0.0305. The number of nitrogens with zero attached hydrogens (tertiary/aromatic N) is 4. The van der Waals surface area contributed by atoms with E-state index >= 15 is 0 Å². The number of fused-ring (bicyclic) bond motifs is 1. The monoisotopic (exact) mass is 287 g/mol. The van der Waals surface area contributed by atoms with Gasteiger partial charge in [-0.3, -0.25) is 9.55 Å². The molecule has 3 heterocycles. The van der Waals surface area contributed by atoms with Gasteiger partial charge in [-0.25, -0.2) is 4.98 Å². The van der Waals surface area contributed by atoms with Gasteiger partial charge in [-0.1, -0.05) is 6.07 Å². The number of ether oxygens (including phenoxy) is 1. The first-order valence-corrected chi connectivity index (χ1v) is 6.53. The Bertz CT molecular complexity index is 795. The van der Waals surface area contributed by atoms with Crippen LogP contribution in [0.4, 0.5) is 0 Å². The predicted octanol–water partition coefficient (Wildman–Crippen LogP) is 2.50. The van der Waals surface area contributed by atoms with E-state index in [1.165, 1.54) is 6.33 Å². The van der Waals surface area contributed by atoms with Gasteiger partial charge in [0.15, 0.2) is 10.4 Å². The zero-order valence-corrected chi connectivity index (χ0v) is 11.9. The van der Waals surface area contributed by atoms with Crippen molar-refractivity contribution in [1.82, 2.24) is 24.5 Å². The van der Waals surface area contributed by atoms with Crippen LogP contribution in [0.1, 0.15) is 18.7 Å². The van der Waals surface area contributed by atoms with Crippen LogP contribution >= 0.6 is 12.2 Å². The molecule has 0 amide bonds. The number of imidazole rings is 1. The van der Waals surface area contributed by atoms with E-state index in [1.807, 2.05) is 29.7 Å². The molecule has 20 heavy (non-hydrogen) atoms. The average molecular weight is 287 g/mol.